The molecule has 2 nitrogen and oxygen atoms in total. The summed E-state index contributed by atoms with van der Waals surface area (Å²) in [5.74, 6) is 0.488. The second-order valence-electron chi connectivity index (χ2n) is 5.85. The third kappa shape index (κ3) is 3.46. The summed E-state index contributed by atoms with van der Waals surface area (Å²) >= 11 is 0. The van der Waals surface area contributed by atoms with Gasteiger partial charge < -0.3 is 10.0 Å². The van der Waals surface area contributed by atoms with Crippen molar-refractivity contribution in [2.24, 2.45) is 11.3 Å². The molecule has 0 aliphatic heterocycles. The van der Waals surface area contributed by atoms with Crippen LogP contribution in [0.15, 0.2) is 0 Å². The summed E-state index contributed by atoms with van der Waals surface area (Å²) < 4.78 is 0. The van der Waals surface area contributed by atoms with Crippen molar-refractivity contribution >= 4 is 0 Å². The van der Waals surface area contributed by atoms with Gasteiger partial charge in [0.05, 0.1) is 6.10 Å². The van der Waals surface area contributed by atoms with Crippen molar-refractivity contribution in [2.75, 3.05) is 20.1 Å². The van der Waals surface area contributed by atoms with Gasteiger partial charge in [0.15, 0.2) is 0 Å². The normalized spacial score (nSPS) is 30.0. The molecule has 0 amide bonds. The van der Waals surface area contributed by atoms with Crippen molar-refractivity contribution < 1.29 is 5.11 Å². The number of hydrogen-bond acceptors (Lipinski definition) is 2. The lowest BCUT2D eigenvalue weighted by molar-refractivity contribution is 0.0355. The second-order valence-corrected chi connectivity index (χ2v) is 5.85. The molecular formula is C13H27NO. The van der Waals surface area contributed by atoms with Gasteiger partial charge in [0.1, 0.15) is 0 Å². The van der Waals surface area contributed by atoms with Crippen LogP contribution in [0.1, 0.15) is 46.5 Å². The van der Waals surface area contributed by atoms with E-state index in [2.05, 4.69) is 32.7 Å². The van der Waals surface area contributed by atoms with Gasteiger partial charge in [-0.3, -0.25) is 0 Å². The van der Waals surface area contributed by atoms with E-state index in [1.165, 1.54) is 32.2 Å². The predicted molar refractivity (Wildman–Crippen MR) is 64.9 cm³/mol. The van der Waals surface area contributed by atoms with Crippen LogP contribution >= 0.6 is 0 Å². The number of aliphatic hydroxyl groups excluding tert-OH is 1. The highest BCUT2D eigenvalue weighted by molar-refractivity contribution is 4.91. The van der Waals surface area contributed by atoms with Crippen LogP contribution < -0.4 is 0 Å². The minimum absolute atomic E-state index is 0.110. The molecule has 0 aromatic heterocycles. The predicted octanol–water partition coefficient (Wildman–Crippen LogP) is 2.52. The van der Waals surface area contributed by atoms with Crippen LogP contribution in [0.3, 0.4) is 0 Å². The number of unbranched alkanes of at least 4 members (excludes halogenated alkanes) is 1. The Labute approximate surface area is 94.7 Å². The molecule has 15 heavy (non-hydrogen) atoms. The summed E-state index contributed by atoms with van der Waals surface area (Å²) in [4.78, 5) is 2.37. The number of nitrogens with zero attached hydrogens (tertiary/aromatic N) is 1. The highest BCUT2D eigenvalue weighted by Crippen LogP contribution is 2.41. The quantitative estimate of drug-likeness (QED) is 0.758. The largest absolute Gasteiger partial charge is 0.392 e. The first-order valence-electron chi connectivity index (χ1n) is 6.34. The zero-order valence-corrected chi connectivity index (χ0v) is 10.8. The summed E-state index contributed by atoms with van der Waals surface area (Å²) in [6.45, 7) is 8.82. The minimum atomic E-state index is -0.110. The monoisotopic (exact) mass is 213 g/mol. The SMILES string of the molecule is CCCCN(C)CC1CCC(C)(C)C1O. The fourth-order valence-corrected chi connectivity index (χ4v) is 2.61. The average Bonchev–Trinajstić information content (AvgIpc) is 2.42. The smallest absolute Gasteiger partial charge is 0.0631 e. The summed E-state index contributed by atoms with van der Waals surface area (Å²) in [5.41, 5.74) is 0.135. The van der Waals surface area contributed by atoms with E-state index in [-0.39, 0.29) is 11.5 Å². The van der Waals surface area contributed by atoms with Gasteiger partial charge in [0.25, 0.3) is 0 Å². The Morgan fingerprint density at radius 1 is 1.40 bits per heavy atom. The van der Waals surface area contributed by atoms with Crippen molar-refractivity contribution in [2.45, 2.75) is 52.6 Å². The Hall–Kier alpha value is -0.0800. The van der Waals surface area contributed by atoms with Crippen LogP contribution in [-0.2, 0) is 0 Å². The molecule has 1 aliphatic rings. The molecular weight excluding hydrogens is 186 g/mol. The fourth-order valence-electron chi connectivity index (χ4n) is 2.61. The van der Waals surface area contributed by atoms with Gasteiger partial charge in [0.2, 0.25) is 0 Å². The first kappa shape index (κ1) is 13.0. The van der Waals surface area contributed by atoms with Crippen molar-refractivity contribution in [3.63, 3.8) is 0 Å². The van der Waals surface area contributed by atoms with E-state index in [1.807, 2.05) is 0 Å². The number of rotatable bonds is 5. The molecule has 1 rings (SSSR count). The van der Waals surface area contributed by atoms with Gasteiger partial charge in [-0.2, -0.15) is 0 Å². The van der Waals surface area contributed by atoms with E-state index >= 15 is 0 Å². The second kappa shape index (κ2) is 5.31. The van der Waals surface area contributed by atoms with E-state index in [4.69, 9.17) is 0 Å². The Kier molecular flexibility index (Phi) is 4.60. The fraction of sp³-hybridized carbons (Fsp3) is 1.00. The van der Waals surface area contributed by atoms with Gasteiger partial charge in [-0.15, -0.1) is 0 Å². The lowest BCUT2D eigenvalue weighted by Crippen LogP contribution is -2.35. The van der Waals surface area contributed by atoms with Crippen molar-refractivity contribution in [3.8, 4) is 0 Å². The number of hydrogen-bond donors (Lipinski definition) is 1. The van der Waals surface area contributed by atoms with E-state index in [9.17, 15) is 5.11 Å². The van der Waals surface area contributed by atoms with E-state index in [1.54, 1.807) is 0 Å². The van der Waals surface area contributed by atoms with Crippen LogP contribution in [0.2, 0.25) is 0 Å². The summed E-state index contributed by atoms with van der Waals surface area (Å²) in [6, 6.07) is 0. The molecule has 0 spiro atoms. The Morgan fingerprint density at radius 3 is 2.53 bits per heavy atom. The van der Waals surface area contributed by atoms with Crippen LogP contribution in [-0.4, -0.2) is 36.2 Å². The molecule has 0 saturated heterocycles. The van der Waals surface area contributed by atoms with Crippen LogP contribution in [0.25, 0.3) is 0 Å². The maximum Gasteiger partial charge on any atom is 0.0631 e. The van der Waals surface area contributed by atoms with Gasteiger partial charge in [-0.05, 0) is 44.2 Å². The third-order valence-electron chi connectivity index (χ3n) is 3.85. The standard InChI is InChI=1S/C13H27NO/c1-5-6-9-14(4)10-11-7-8-13(2,3)12(11)15/h11-12,15H,5-10H2,1-4H3. The Balaban J connectivity index is 2.33. The molecule has 0 aromatic carbocycles. The molecule has 0 heterocycles. The van der Waals surface area contributed by atoms with Crippen molar-refractivity contribution in [3.05, 3.63) is 0 Å². The van der Waals surface area contributed by atoms with Gasteiger partial charge in [-0.25, -0.2) is 0 Å². The molecule has 90 valence electrons. The van der Waals surface area contributed by atoms with Gasteiger partial charge in [-0.1, -0.05) is 27.2 Å². The Bertz CT molecular complexity index is 191. The summed E-state index contributed by atoms with van der Waals surface area (Å²) in [7, 11) is 2.17. The molecule has 2 unspecified atom stereocenters. The summed E-state index contributed by atoms with van der Waals surface area (Å²) in [5, 5.41) is 10.2. The van der Waals surface area contributed by atoms with Gasteiger partial charge in [0, 0.05) is 6.54 Å². The van der Waals surface area contributed by atoms with Crippen molar-refractivity contribution in [1.29, 1.82) is 0 Å². The molecule has 0 aromatic rings. The topological polar surface area (TPSA) is 23.5 Å². The lowest BCUT2D eigenvalue weighted by atomic mass is 9.87. The zero-order valence-electron chi connectivity index (χ0n) is 10.8. The molecule has 1 saturated carbocycles. The molecule has 1 aliphatic carbocycles. The number of aliphatic hydroxyl groups is 1. The highest BCUT2D eigenvalue weighted by atomic mass is 16.3. The van der Waals surface area contributed by atoms with Crippen molar-refractivity contribution in [1.82, 2.24) is 4.90 Å². The molecule has 0 radical (unpaired) electrons. The van der Waals surface area contributed by atoms with E-state index in [0.29, 0.717) is 5.92 Å². The van der Waals surface area contributed by atoms with E-state index < -0.39 is 0 Å². The minimum Gasteiger partial charge on any atom is -0.392 e. The van der Waals surface area contributed by atoms with Crippen LogP contribution in [0.4, 0.5) is 0 Å². The first-order chi connectivity index (χ1) is 6.97. The maximum absolute atomic E-state index is 10.2. The first-order valence-corrected chi connectivity index (χ1v) is 6.34. The van der Waals surface area contributed by atoms with Crippen LogP contribution in [0, 0.1) is 11.3 Å². The van der Waals surface area contributed by atoms with Gasteiger partial charge >= 0.3 is 0 Å². The highest BCUT2D eigenvalue weighted by Gasteiger charge is 2.40. The molecule has 1 N–H and O–H groups in total. The van der Waals surface area contributed by atoms with Crippen LogP contribution in [0.5, 0.6) is 0 Å². The third-order valence-corrected chi connectivity index (χ3v) is 3.85. The maximum atomic E-state index is 10.2. The molecule has 1 fully saturated rings. The average molecular weight is 213 g/mol. The Morgan fingerprint density at radius 2 is 2.07 bits per heavy atom. The zero-order chi connectivity index (χ0) is 11.5. The molecule has 2 atom stereocenters. The molecule has 2 heteroatoms. The van der Waals surface area contributed by atoms with E-state index in [0.717, 1.165) is 6.54 Å². The summed E-state index contributed by atoms with van der Waals surface area (Å²) in [6.07, 6.45) is 4.76. The lowest BCUT2D eigenvalue weighted by Gasteiger charge is -2.28. The molecule has 0 bridgehead atoms.